The summed E-state index contributed by atoms with van der Waals surface area (Å²) >= 11 is 1.02. The van der Waals surface area contributed by atoms with Crippen LogP contribution in [0, 0.1) is 0 Å². The van der Waals surface area contributed by atoms with Crippen LogP contribution >= 0.6 is 11.8 Å². The highest BCUT2D eigenvalue weighted by molar-refractivity contribution is 7.99. The molecule has 1 heterocycles. The van der Waals surface area contributed by atoms with Gasteiger partial charge in [-0.25, -0.2) is 0 Å². The molecule has 0 fully saturated rings. The number of aromatic nitrogens is 3. The average Bonchev–Trinajstić information content (AvgIpc) is 2.85. The van der Waals surface area contributed by atoms with Gasteiger partial charge in [0, 0.05) is 6.07 Å². The van der Waals surface area contributed by atoms with E-state index < -0.39 is 5.97 Å². The molecule has 0 aliphatic rings. The van der Waals surface area contributed by atoms with Crippen molar-refractivity contribution in [1.82, 2.24) is 14.8 Å². The lowest BCUT2D eigenvalue weighted by atomic mass is 10.2. The second-order valence-corrected chi connectivity index (χ2v) is 4.84. The van der Waals surface area contributed by atoms with E-state index in [-0.39, 0.29) is 11.7 Å². The number of methoxy groups -OCH3 is 2. The van der Waals surface area contributed by atoms with Crippen molar-refractivity contribution in [1.29, 1.82) is 0 Å². The van der Waals surface area contributed by atoms with Crippen LogP contribution in [0.25, 0.3) is 5.69 Å². The van der Waals surface area contributed by atoms with Crippen molar-refractivity contribution in [3.05, 3.63) is 18.2 Å². The number of hydrogen-bond donors (Lipinski definition) is 2. The molecule has 0 radical (unpaired) electrons. The lowest BCUT2D eigenvalue weighted by molar-refractivity contribution is -0.133. The van der Waals surface area contributed by atoms with E-state index in [2.05, 4.69) is 10.2 Å². The number of nitrogens with zero attached hydrogens (tertiary/aromatic N) is 3. The van der Waals surface area contributed by atoms with E-state index in [4.69, 9.17) is 20.3 Å². The third-order valence-corrected chi connectivity index (χ3v) is 3.52. The van der Waals surface area contributed by atoms with Gasteiger partial charge in [-0.1, -0.05) is 11.8 Å². The van der Waals surface area contributed by atoms with Crippen LogP contribution in [0.3, 0.4) is 0 Å². The first-order valence-corrected chi connectivity index (χ1v) is 6.83. The molecule has 2 rings (SSSR count). The van der Waals surface area contributed by atoms with Gasteiger partial charge < -0.3 is 20.3 Å². The summed E-state index contributed by atoms with van der Waals surface area (Å²) in [6.07, 6.45) is 0. The maximum Gasteiger partial charge on any atom is 0.313 e. The van der Waals surface area contributed by atoms with Gasteiger partial charge in [-0.2, -0.15) is 0 Å². The number of thioether (sulfide) groups is 1. The van der Waals surface area contributed by atoms with Gasteiger partial charge in [0.05, 0.1) is 25.7 Å². The van der Waals surface area contributed by atoms with Crippen molar-refractivity contribution in [3.63, 3.8) is 0 Å². The molecule has 0 bridgehead atoms. The van der Waals surface area contributed by atoms with Gasteiger partial charge in [0.25, 0.3) is 0 Å². The zero-order chi connectivity index (χ0) is 15.4. The average molecular weight is 310 g/mol. The summed E-state index contributed by atoms with van der Waals surface area (Å²) in [6, 6.07) is 5.17. The van der Waals surface area contributed by atoms with E-state index in [1.54, 1.807) is 25.3 Å². The van der Waals surface area contributed by atoms with Crippen molar-refractivity contribution in [2.24, 2.45) is 0 Å². The first-order chi connectivity index (χ1) is 10.1. The van der Waals surface area contributed by atoms with Gasteiger partial charge >= 0.3 is 5.97 Å². The summed E-state index contributed by atoms with van der Waals surface area (Å²) in [5.74, 6) is 0.192. The van der Waals surface area contributed by atoms with Crippen LogP contribution < -0.4 is 15.2 Å². The number of rotatable bonds is 6. The van der Waals surface area contributed by atoms with Crippen molar-refractivity contribution in [2.75, 3.05) is 25.7 Å². The molecule has 0 unspecified atom stereocenters. The van der Waals surface area contributed by atoms with Gasteiger partial charge in [0.15, 0.2) is 5.16 Å². The summed E-state index contributed by atoms with van der Waals surface area (Å²) in [5, 5.41) is 16.8. The molecule has 0 saturated carbocycles. The number of anilines is 1. The second-order valence-electron chi connectivity index (χ2n) is 3.90. The maximum atomic E-state index is 10.7. The molecule has 112 valence electrons. The molecular weight excluding hydrogens is 296 g/mol. The van der Waals surface area contributed by atoms with Gasteiger partial charge in [0.1, 0.15) is 11.5 Å². The molecule has 9 heteroatoms. The van der Waals surface area contributed by atoms with E-state index in [0.717, 1.165) is 11.8 Å². The van der Waals surface area contributed by atoms with E-state index in [1.165, 1.54) is 11.7 Å². The number of carboxylic acids is 1. The minimum absolute atomic E-state index is 0.142. The number of carboxylic acid groups (broad SMARTS) is 1. The highest BCUT2D eigenvalue weighted by Gasteiger charge is 2.17. The fourth-order valence-corrected chi connectivity index (χ4v) is 2.37. The predicted octanol–water partition coefficient (Wildman–Crippen LogP) is 1.04. The van der Waals surface area contributed by atoms with Crippen LogP contribution in [0.1, 0.15) is 0 Å². The molecule has 0 amide bonds. The summed E-state index contributed by atoms with van der Waals surface area (Å²) in [4.78, 5) is 10.7. The summed E-state index contributed by atoms with van der Waals surface area (Å²) in [6.45, 7) is 0. The Morgan fingerprint density at radius 1 is 1.38 bits per heavy atom. The molecule has 1 aromatic heterocycles. The monoisotopic (exact) mass is 310 g/mol. The first-order valence-electron chi connectivity index (χ1n) is 5.84. The summed E-state index contributed by atoms with van der Waals surface area (Å²) < 4.78 is 12.0. The van der Waals surface area contributed by atoms with Crippen LogP contribution in [-0.4, -0.2) is 45.8 Å². The van der Waals surface area contributed by atoms with Gasteiger partial charge in [0.2, 0.25) is 5.95 Å². The highest BCUT2D eigenvalue weighted by Crippen LogP contribution is 2.32. The number of nitrogens with two attached hydrogens (primary N) is 1. The summed E-state index contributed by atoms with van der Waals surface area (Å²) in [7, 11) is 3.07. The number of benzene rings is 1. The van der Waals surface area contributed by atoms with Crippen molar-refractivity contribution < 1.29 is 19.4 Å². The van der Waals surface area contributed by atoms with Crippen LogP contribution in [0.5, 0.6) is 11.5 Å². The highest BCUT2D eigenvalue weighted by atomic mass is 32.2. The lowest BCUT2D eigenvalue weighted by Gasteiger charge is -2.13. The zero-order valence-corrected chi connectivity index (χ0v) is 12.3. The van der Waals surface area contributed by atoms with Gasteiger partial charge in [-0.05, 0) is 12.1 Å². The molecule has 21 heavy (non-hydrogen) atoms. The Hall–Kier alpha value is -2.42. The fourth-order valence-electron chi connectivity index (χ4n) is 1.70. The van der Waals surface area contributed by atoms with Gasteiger partial charge in [-0.3, -0.25) is 9.36 Å². The zero-order valence-electron chi connectivity index (χ0n) is 11.4. The lowest BCUT2D eigenvalue weighted by Crippen LogP contribution is -2.06. The fraction of sp³-hybridized carbons (Fsp3) is 0.250. The first kappa shape index (κ1) is 15.0. The Kier molecular flexibility index (Phi) is 4.53. The number of aliphatic carboxylic acids is 1. The van der Waals surface area contributed by atoms with E-state index in [0.29, 0.717) is 22.3 Å². The van der Waals surface area contributed by atoms with Crippen molar-refractivity contribution >= 4 is 23.7 Å². The molecule has 0 aliphatic carbocycles. The Morgan fingerprint density at radius 3 is 2.76 bits per heavy atom. The number of hydrogen-bond acceptors (Lipinski definition) is 7. The van der Waals surface area contributed by atoms with E-state index >= 15 is 0 Å². The minimum Gasteiger partial charge on any atom is -0.497 e. The number of ether oxygens (including phenoxy) is 2. The molecule has 2 aromatic rings. The topological polar surface area (TPSA) is 112 Å². The Morgan fingerprint density at radius 2 is 2.14 bits per heavy atom. The van der Waals surface area contributed by atoms with Crippen LogP contribution in [0.4, 0.5) is 5.95 Å². The normalized spacial score (nSPS) is 10.4. The molecule has 0 aliphatic heterocycles. The molecule has 0 saturated heterocycles. The quantitative estimate of drug-likeness (QED) is 0.761. The molecule has 0 atom stereocenters. The third-order valence-electron chi connectivity index (χ3n) is 2.61. The largest absolute Gasteiger partial charge is 0.497 e. The van der Waals surface area contributed by atoms with Crippen LogP contribution in [-0.2, 0) is 4.79 Å². The maximum absolute atomic E-state index is 10.7. The van der Waals surface area contributed by atoms with E-state index in [9.17, 15) is 4.79 Å². The SMILES string of the molecule is COc1ccc(-n2c(N)nnc2SCC(=O)O)c(OC)c1. The summed E-state index contributed by atoms with van der Waals surface area (Å²) in [5.41, 5.74) is 6.42. The molecule has 3 N–H and O–H groups in total. The predicted molar refractivity (Wildman–Crippen MR) is 77.2 cm³/mol. The Bertz CT molecular complexity index is 659. The van der Waals surface area contributed by atoms with Crippen molar-refractivity contribution in [3.8, 4) is 17.2 Å². The van der Waals surface area contributed by atoms with E-state index in [1.807, 2.05) is 0 Å². The van der Waals surface area contributed by atoms with Crippen molar-refractivity contribution in [2.45, 2.75) is 5.16 Å². The number of carbonyl (C=O) groups is 1. The second kappa shape index (κ2) is 6.35. The van der Waals surface area contributed by atoms with Crippen LogP contribution in [0.15, 0.2) is 23.4 Å². The third kappa shape index (κ3) is 3.19. The Labute approximate surface area is 124 Å². The Balaban J connectivity index is 2.46. The van der Waals surface area contributed by atoms with Crippen LogP contribution in [0.2, 0.25) is 0 Å². The molecule has 1 aromatic carbocycles. The minimum atomic E-state index is -0.949. The molecule has 8 nitrogen and oxygen atoms in total. The smallest absolute Gasteiger partial charge is 0.313 e. The standard InChI is InChI=1S/C12H14N4O4S/c1-19-7-3-4-8(9(5-7)20-2)16-11(13)14-15-12(16)21-6-10(17)18/h3-5H,6H2,1-2H3,(H2,13,14)(H,17,18). The van der Waals surface area contributed by atoms with Gasteiger partial charge in [-0.15, -0.1) is 10.2 Å². The molecule has 0 spiro atoms. The number of nitrogen functional groups attached to an aromatic ring is 1. The molecular formula is C12H14N4O4S.